The first kappa shape index (κ1) is 55.8. The summed E-state index contributed by atoms with van der Waals surface area (Å²) in [5.74, 6) is -0.240. The van der Waals surface area contributed by atoms with Gasteiger partial charge in [-0.1, -0.05) is 241 Å². The zero-order valence-electron chi connectivity index (χ0n) is 38.5. The molecule has 1 N–H and O–H groups in total. The summed E-state index contributed by atoms with van der Waals surface area (Å²) in [6.07, 6.45) is 70.0. The van der Waals surface area contributed by atoms with E-state index in [0.717, 1.165) is 64.2 Å². The molecule has 0 heterocycles. The number of allylic oxidation sites excluding steroid dienone is 12. The van der Waals surface area contributed by atoms with Gasteiger partial charge in [-0.15, -0.1) is 0 Å². The second-order valence-corrected chi connectivity index (χ2v) is 16.5. The van der Waals surface area contributed by atoms with Gasteiger partial charge < -0.3 is 14.6 Å². The zero-order chi connectivity index (χ0) is 41.9. The van der Waals surface area contributed by atoms with E-state index in [9.17, 15) is 9.90 Å². The van der Waals surface area contributed by atoms with Gasteiger partial charge in [-0.05, 0) is 64.2 Å². The molecule has 0 radical (unpaired) electrons. The molecule has 0 aliphatic heterocycles. The maximum absolute atomic E-state index is 12.2. The summed E-state index contributed by atoms with van der Waals surface area (Å²) >= 11 is 0. The van der Waals surface area contributed by atoms with Crippen LogP contribution in [0.15, 0.2) is 72.9 Å². The largest absolute Gasteiger partial charge is 0.457 e. The second kappa shape index (κ2) is 51.0. The highest BCUT2D eigenvalue weighted by molar-refractivity contribution is 5.69. The second-order valence-electron chi connectivity index (χ2n) is 16.5. The molecule has 0 aliphatic carbocycles. The SMILES string of the molecule is CC/C=C\C/C=C\C/C=C\C/C=C\C/C=C\C/C=C\CCCCC(=O)OC(CO)COCCCCCCCCCCCCCCCCCCCCCCCCCCC. The summed E-state index contributed by atoms with van der Waals surface area (Å²) in [6.45, 7) is 5.21. The topological polar surface area (TPSA) is 55.8 Å². The third-order valence-corrected chi connectivity index (χ3v) is 10.8. The minimum Gasteiger partial charge on any atom is -0.457 e. The van der Waals surface area contributed by atoms with Crippen molar-refractivity contribution in [3.63, 3.8) is 0 Å². The minimum atomic E-state index is -0.560. The average molecular weight is 809 g/mol. The average Bonchev–Trinajstić information content (AvgIpc) is 3.23. The molecule has 4 heteroatoms. The fraction of sp³-hybridized carbons (Fsp3) is 0.759. The van der Waals surface area contributed by atoms with Crippen LogP contribution >= 0.6 is 0 Å². The molecule has 0 aliphatic rings. The molecule has 0 aromatic heterocycles. The Hall–Kier alpha value is -2.17. The summed E-state index contributed by atoms with van der Waals surface area (Å²) in [4.78, 5) is 12.2. The van der Waals surface area contributed by atoms with Crippen LogP contribution in [0.25, 0.3) is 0 Å². The van der Waals surface area contributed by atoms with E-state index < -0.39 is 6.10 Å². The molecule has 1 atom stereocenters. The van der Waals surface area contributed by atoms with E-state index in [4.69, 9.17) is 9.47 Å². The van der Waals surface area contributed by atoms with Gasteiger partial charge in [0.2, 0.25) is 0 Å². The van der Waals surface area contributed by atoms with Crippen molar-refractivity contribution < 1.29 is 19.4 Å². The van der Waals surface area contributed by atoms with Crippen LogP contribution in [-0.4, -0.2) is 37.0 Å². The van der Waals surface area contributed by atoms with E-state index in [-0.39, 0.29) is 19.2 Å². The van der Waals surface area contributed by atoms with Crippen molar-refractivity contribution >= 4 is 5.97 Å². The highest BCUT2D eigenvalue weighted by Crippen LogP contribution is 2.16. The molecule has 4 nitrogen and oxygen atoms in total. The van der Waals surface area contributed by atoms with Crippen LogP contribution in [-0.2, 0) is 14.3 Å². The van der Waals surface area contributed by atoms with Crippen LogP contribution in [0.1, 0.15) is 239 Å². The first-order chi connectivity index (χ1) is 28.7. The van der Waals surface area contributed by atoms with E-state index in [1.54, 1.807) is 0 Å². The Kier molecular flexibility index (Phi) is 49.1. The molecule has 58 heavy (non-hydrogen) atoms. The van der Waals surface area contributed by atoms with E-state index in [1.807, 2.05) is 0 Å². The summed E-state index contributed by atoms with van der Waals surface area (Å²) in [6, 6.07) is 0. The van der Waals surface area contributed by atoms with Gasteiger partial charge in [0.1, 0.15) is 6.10 Å². The molecule has 0 bridgehead atoms. The monoisotopic (exact) mass is 809 g/mol. The van der Waals surface area contributed by atoms with Crippen molar-refractivity contribution in [1.29, 1.82) is 0 Å². The first-order valence-electron chi connectivity index (χ1n) is 25.0. The zero-order valence-corrected chi connectivity index (χ0v) is 38.5. The number of unbranched alkanes of at least 4 members (excludes halogenated alkanes) is 26. The lowest BCUT2D eigenvalue weighted by Gasteiger charge is -2.15. The normalized spacial score (nSPS) is 12.9. The Bertz CT molecular complexity index is 989. The number of aliphatic hydroxyl groups excluding tert-OH is 1. The lowest BCUT2D eigenvalue weighted by Crippen LogP contribution is -2.27. The number of carbonyl (C=O) groups is 1. The van der Waals surface area contributed by atoms with Crippen LogP contribution in [0.5, 0.6) is 0 Å². The Morgan fingerprint density at radius 2 is 0.776 bits per heavy atom. The highest BCUT2D eigenvalue weighted by atomic mass is 16.6. The Labute approximate surface area is 361 Å². The molecule has 0 amide bonds. The maximum atomic E-state index is 12.2. The smallest absolute Gasteiger partial charge is 0.306 e. The quantitative estimate of drug-likeness (QED) is 0.0378. The predicted octanol–water partition coefficient (Wildman–Crippen LogP) is 16.9. The van der Waals surface area contributed by atoms with Crippen LogP contribution in [0.2, 0.25) is 0 Å². The van der Waals surface area contributed by atoms with E-state index in [2.05, 4.69) is 86.8 Å². The molecular formula is C54H96O4. The standard InChI is InChI=1S/C54H96O4/c1-3-5-7-9-11-13-15-17-19-21-23-25-26-27-28-30-32-34-36-38-40-42-44-46-48-50-57-52-53(51-55)58-54(56)49-47-45-43-41-39-37-35-33-31-29-24-22-20-18-16-14-12-10-8-6-4-2/h6,8,12,14,18,20,24,29,33,35,39,41,53,55H,3-5,7,9-11,13,15-17,19,21-23,25-28,30-32,34,36-38,40,42-52H2,1-2H3/b8-6-,14-12-,20-18-,29-24-,35-33-,41-39-. The van der Waals surface area contributed by atoms with Gasteiger partial charge in [0, 0.05) is 13.0 Å². The van der Waals surface area contributed by atoms with Gasteiger partial charge in [-0.2, -0.15) is 0 Å². The van der Waals surface area contributed by atoms with Crippen molar-refractivity contribution in [2.75, 3.05) is 19.8 Å². The fourth-order valence-electron chi connectivity index (χ4n) is 7.10. The lowest BCUT2D eigenvalue weighted by molar-refractivity contribution is -0.154. The number of esters is 1. The molecule has 0 saturated heterocycles. The predicted molar refractivity (Wildman–Crippen MR) is 256 cm³/mol. The molecular weight excluding hydrogens is 713 g/mol. The summed E-state index contributed by atoms with van der Waals surface area (Å²) in [7, 11) is 0. The molecule has 0 aromatic carbocycles. The number of hydrogen-bond donors (Lipinski definition) is 1. The molecule has 1 unspecified atom stereocenters. The number of ether oxygens (including phenoxy) is 2. The highest BCUT2D eigenvalue weighted by Gasteiger charge is 2.13. The number of carbonyl (C=O) groups excluding carboxylic acids is 1. The molecule has 0 fully saturated rings. The summed E-state index contributed by atoms with van der Waals surface area (Å²) < 4.78 is 11.2. The molecule has 0 spiro atoms. The molecule has 0 aromatic rings. The van der Waals surface area contributed by atoms with E-state index in [1.165, 1.54) is 154 Å². The molecule has 0 rings (SSSR count). The van der Waals surface area contributed by atoms with Crippen molar-refractivity contribution in [2.45, 2.75) is 245 Å². The van der Waals surface area contributed by atoms with E-state index >= 15 is 0 Å². The van der Waals surface area contributed by atoms with Gasteiger partial charge in [0.25, 0.3) is 0 Å². The van der Waals surface area contributed by atoms with Crippen molar-refractivity contribution in [1.82, 2.24) is 0 Å². The Morgan fingerprint density at radius 1 is 0.431 bits per heavy atom. The van der Waals surface area contributed by atoms with Crippen molar-refractivity contribution in [2.24, 2.45) is 0 Å². The van der Waals surface area contributed by atoms with Gasteiger partial charge >= 0.3 is 5.97 Å². The van der Waals surface area contributed by atoms with Gasteiger partial charge in [-0.25, -0.2) is 0 Å². The van der Waals surface area contributed by atoms with Crippen molar-refractivity contribution in [3.8, 4) is 0 Å². The minimum absolute atomic E-state index is 0.191. The molecule has 0 saturated carbocycles. The van der Waals surface area contributed by atoms with Crippen LogP contribution in [0.4, 0.5) is 0 Å². The Balaban J connectivity index is 3.46. The molecule has 336 valence electrons. The third kappa shape index (κ3) is 48.2. The summed E-state index contributed by atoms with van der Waals surface area (Å²) in [5.41, 5.74) is 0. The number of aliphatic hydroxyl groups is 1. The summed E-state index contributed by atoms with van der Waals surface area (Å²) in [5, 5.41) is 9.64. The van der Waals surface area contributed by atoms with Crippen molar-refractivity contribution in [3.05, 3.63) is 72.9 Å². The third-order valence-electron chi connectivity index (χ3n) is 10.8. The van der Waals surface area contributed by atoms with Gasteiger partial charge in [0.05, 0.1) is 13.2 Å². The lowest BCUT2D eigenvalue weighted by atomic mass is 10.0. The van der Waals surface area contributed by atoms with Crippen LogP contribution < -0.4 is 0 Å². The van der Waals surface area contributed by atoms with E-state index in [0.29, 0.717) is 13.0 Å². The first-order valence-corrected chi connectivity index (χ1v) is 25.0. The van der Waals surface area contributed by atoms with Gasteiger partial charge in [-0.3, -0.25) is 4.79 Å². The maximum Gasteiger partial charge on any atom is 0.306 e. The fourth-order valence-corrected chi connectivity index (χ4v) is 7.10. The van der Waals surface area contributed by atoms with Crippen LogP contribution in [0, 0.1) is 0 Å². The number of hydrogen-bond acceptors (Lipinski definition) is 4. The van der Waals surface area contributed by atoms with Gasteiger partial charge in [0.15, 0.2) is 0 Å². The van der Waals surface area contributed by atoms with Crippen LogP contribution in [0.3, 0.4) is 0 Å². The number of rotatable bonds is 46. The Morgan fingerprint density at radius 3 is 1.14 bits per heavy atom.